The predicted molar refractivity (Wildman–Crippen MR) is 73.7 cm³/mol. The SMILES string of the molecule is CCCCC(CC)(CN)N(CCC)C(C)C. The molecule has 0 fully saturated rings. The summed E-state index contributed by atoms with van der Waals surface area (Å²) in [5.41, 5.74) is 6.32. The monoisotopic (exact) mass is 228 g/mol. The second kappa shape index (κ2) is 8.08. The highest BCUT2D eigenvalue weighted by Gasteiger charge is 2.33. The first-order valence-corrected chi connectivity index (χ1v) is 7.04. The van der Waals surface area contributed by atoms with Crippen molar-refractivity contribution < 1.29 is 0 Å². The average Bonchev–Trinajstić information content (AvgIpc) is 2.29. The van der Waals surface area contributed by atoms with Crippen LogP contribution in [-0.2, 0) is 0 Å². The fourth-order valence-electron chi connectivity index (χ4n) is 2.68. The largest absolute Gasteiger partial charge is 0.329 e. The van der Waals surface area contributed by atoms with E-state index in [4.69, 9.17) is 5.73 Å². The Hall–Kier alpha value is -0.0800. The lowest BCUT2D eigenvalue weighted by molar-refractivity contribution is 0.0481. The van der Waals surface area contributed by atoms with E-state index >= 15 is 0 Å². The van der Waals surface area contributed by atoms with E-state index in [0.29, 0.717) is 6.04 Å². The third kappa shape index (κ3) is 4.06. The molecule has 0 aromatic heterocycles. The van der Waals surface area contributed by atoms with Gasteiger partial charge >= 0.3 is 0 Å². The van der Waals surface area contributed by atoms with Gasteiger partial charge in [0.05, 0.1) is 0 Å². The standard InChI is InChI=1S/C14H32N2/c1-6-9-10-14(8-3,12-15)16(11-7-2)13(4)5/h13H,6-12,15H2,1-5H3. The Bertz CT molecular complexity index is 162. The van der Waals surface area contributed by atoms with Gasteiger partial charge < -0.3 is 5.73 Å². The summed E-state index contributed by atoms with van der Waals surface area (Å²) in [5, 5.41) is 0. The molecule has 1 unspecified atom stereocenters. The lowest BCUT2D eigenvalue weighted by atomic mass is 9.86. The van der Waals surface area contributed by atoms with Crippen LogP contribution in [0.2, 0.25) is 0 Å². The van der Waals surface area contributed by atoms with Crippen molar-refractivity contribution in [2.45, 2.75) is 78.3 Å². The molecule has 2 heteroatoms. The number of hydrogen-bond acceptors (Lipinski definition) is 2. The molecule has 0 aliphatic carbocycles. The highest BCUT2D eigenvalue weighted by Crippen LogP contribution is 2.27. The fraction of sp³-hybridized carbons (Fsp3) is 1.00. The van der Waals surface area contributed by atoms with Gasteiger partial charge in [-0.05, 0) is 39.7 Å². The van der Waals surface area contributed by atoms with Gasteiger partial charge in [0.2, 0.25) is 0 Å². The van der Waals surface area contributed by atoms with E-state index in [0.717, 1.165) is 6.54 Å². The van der Waals surface area contributed by atoms with E-state index in [2.05, 4.69) is 39.5 Å². The van der Waals surface area contributed by atoms with E-state index in [1.165, 1.54) is 38.6 Å². The molecule has 0 spiro atoms. The average molecular weight is 228 g/mol. The highest BCUT2D eigenvalue weighted by atomic mass is 15.2. The molecule has 98 valence electrons. The summed E-state index contributed by atoms with van der Waals surface area (Å²) < 4.78 is 0. The molecule has 0 aliphatic heterocycles. The first-order chi connectivity index (χ1) is 7.57. The van der Waals surface area contributed by atoms with Crippen molar-refractivity contribution in [1.29, 1.82) is 0 Å². The summed E-state index contributed by atoms with van der Waals surface area (Å²) in [4.78, 5) is 2.63. The summed E-state index contributed by atoms with van der Waals surface area (Å²) in [6, 6.07) is 0.598. The second-order valence-electron chi connectivity index (χ2n) is 5.17. The molecule has 0 aromatic carbocycles. The van der Waals surface area contributed by atoms with Gasteiger partial charge in [0, 0.05) is 18.1 Å². The molecule has 0 rings (SSSR count). The van der Waals surface area contributed by atoms with Crippen LogP contribution < -0.4 is 5.73 Å². The zero-order valence-corrected chi connectivity index (χ0v) is 12.1. The first kappa shape index (κ1) is 15.9. The molecule has 0 aliphatic rings. The second-order valence-corrected chi connectivity index (χ2v) is 5.17. The van der Waals surface area contributed by atoms with Crippen LogP contribution in [0.1, 0.15) is 66.7 Å². The minimum absolute atomic E-state index is 0.236. The number of hydrogen-bond donors (Lipinski definition) is 1. The van der Waals surface area contributed by atoms with Gasteiger partial charge in [-0.1, -0.05) is 33.6 Å². The van der Waals surface area contributed by atoms with Crippen molar-refractivity contribution in [2.24, 2.45) is 5.73 Å². The zero-order chi connectivity index (χ0) is 12.6. The van der Waals surface area contributed by atoms with Gasteiger partial charge in [0.25, 0.3) is 0 Å². The Morgan fingerprint density at radius 1 is 1.12 bits per heavy atom. The van der Waals surface area contributed by atoms with Crippen molar-refractivity contribution in [3.05, 3.63) is 0 Å². The van der Waals surface area contributed by atoms with Crippen molar-refractivity contribution >= 4 is 0 Å². The molecule has 0 heterocycles. The van der Waals surface area contributed by atoms with Crippen LogP contribution in [-0.4, -0.2) is 29.6 Å². The Morgan fingerprint density at radius 3 is 2.06 bits per heavy atom. The Morgan fingerprint density at radius 2 is 1.75 bits per heavy atom. The highest BCUT2D eigenvalue weighted by molar-refractivity contribution is 4.92. The molecule has 0 aromatic rings. The maximum absolute atomic E-state index is 6.09. The maximum atomic E-state index is 6.09. The van der Waals surface area contributed by atoms with E-state index in [1.54, 1.807) is 0 Å². The van der Waals surface area contributed by atoms with Gasteiger partial charge in [-0.3, -0.25) is 4.90 Å². The molecule has 16 heavy (non-hydrogen) atoms. The topological polar surface area (TPSA) is 29.3 Å². The quantitative estimate of drug-likeness (QED) is 0.655. The predicted octanol–water partition coefficient (Wildman–Crippen LogP) is 3.40. The minimum atomic E-state index is 0.236. The summed E-state index contributed by atoms with van der Waals surface area (Å²) in [6.45, 7) is 13.4. The fourth-order valence-corrected chi connectivity index (χ4v) is 2.68. The van der Waals surface area contributed by atoms with E-state index < -0.39 is 0 Å². The van der Waals surface area contributed by atoms with E-state index in [1.807, 2.05) is 0 Å². The molecular weight excluding hydrogens is 196 g/mol. The van der Waals surface area contributed by atoms with Gasteiger partial charge in [-0.25, -0.2) is 0 Å². The number of nitrogens with two attached hydrogens (primary N) is 1. The van der Waals surface area contributed by atoms with Gasteiger partial charge in [-0.2, -0.15) is 0 Å². The summed E-state index contributed by atoms with van der Waals surface area (Å²) >= 11 is 0. The molecule has 1 atom stereocenters. The number of unbranched alkanes of at least 4 members (excludes halogenated alkanes) is 1. The van der Waals surface area contributed by atoms with Crippen molar-refractivity contribution in [3.63, 3.8) is 0 Å². The molecule has 0 amide bonds. The van der Waals surface area contributed by atoms with Crippen LogP contribution in [0.15, 0.2) is 0 Å². The van der Waals surface area contributed by atoms with Gasteiger partial charge in [0.1, 0.15) is 0 Å². The Kier molecular flexibility index (Phi) is 8.04. The van der Waals surface area contributed by atoms with Crippen LogP contribution in [0.4, 0.5) is 0 Å². The van der Waals surface area contributed by atoms with Gasteiger partial charge in [-0.15, -0.1) is 0 Å². The molecule has 2 N–H and O–H groups in total. The van der Waals surface area contributed by atoms with Crippen LogP contribution in [0, 0.1) is 0 Å². The number of nitrogens with zero attached hydrogens (tertiary/aromatic N) is 1. The van der Waals surface area contributed by atoms with Gasteiger partial charge in [0.15, 0.2) is 0 Å². The maximum Gasteiger partial charge on any atom is 0.0331 e. The first-order valence-electron chi connectivity index (χ1n) is 7.04. The van der Waals surface area contributed by atoms with Crippen molar-refractivity contribution in [1.82, 2.24) is 4.90 Å². The van der Waals surface area contributed by atoms with Crippen LogP contribution >= 0.6 is 0 Å². The van der Waals surface area contributed by atoms with Crippen LogP contribution in [0.3, 0.4) is 0 Å². The lowest BCUT2D eigenvalue weighted by Gasteiger charge is -2.46. The Labute approximate surface area is 103 Å². The summed E-state index contributed by atoms with van der Waals surface area (Å²) in [7, 11) is 0. The molecule has 0 bridgehead atoms. The van der Waals surface area contributed by atoms with Crippen molar-refractivity contribution in [3.8, 4) is 0 Å². The minimum Gasteiger partial charge on any atom is -0.329 e. The molecular formula is C14H32N2. The van der Waals surface area contributed by atoms with Crippen molar-refractivity contribution in [2.75, 3.05) is 13.1 Å². The summed E-state index contributed by atoms with van der Waals surface area (Å²) in [5.74, 6) is 0. The molecule has 0 saturated carbocycles. The number of rotatable bonds is 9. The smallest absolute Gasteiger partial charge is 0.0331 e. The van der Waals surface area contributed by atoms with Crippen LogP contribution in [0.5, 0.6) is 0 Å². The van der Waals surface area contributed by atoms with E-state index in [-0.39, 0.29) is 5.54 Å². The molecule has 0 saturated heterocycles. The van der Waals surface area contributed by atoms with Crippen LogP contribution in [0.25, 0.3) is 0 Å². The summed E-state index contributed by atoms with van der Waals surface area (Å²) in [6.07, 6.45) is 6.18. The third-order valence-electron chi connectivity index (χ3n) is 3.73. The lowest BCUT2D eigenvalue weighted by Crippen LogP contribution is -2.56. The Balaban J connectivity index is 4.78. The third-order valence-corrected chi connectivity index (χ3v) is 3.73. The zero-order valence-electron chi connectivity index (χ0n) is 12.1. The molecule has 2 nitrogen and oxygen atoms in total. The van der Waals surface area contributed by atoms with E-state index in [9.17, 15) is 0 Å². The molecule has 0 radical (unpaired) electrons. The normalized spacial score (nSPS) is 15.8.